The van der Waals surface area contributed by atoms with E-state index in [1.165, 1.54) is 0 Å². The molecule has 3 rings (SSSR count). The van der Waals surface area contributed by atoms with Crippen LogP contribution in [0.5, 0.6) is 5.75 Å². The standard InChI is InChI=1S/C31H37ClN2O3/c1-21(2)18-33-31(36)28(17-25-9-7-6-8-10-25)34(19-26-11-13-27(32)14-12-26)30(35)20-37-29-16-22(3)15-23(4)24(29)5/h6-16,21,28H,17-20H2,1-5H3,(H,33,36)/t28-/m1/s1. The van der Waals surface area contributed by atoms with Crippen LogP contribution in [0.2, 0.25) is 5.02 Å². The van der Waals surface area contributed by atoms with Crippen LogP contribution in [0.1, 0.15) is 41.7 Å². The van der Waals surface area contributed by atoms with E-state index >= 15 is 0 Å². The molecule has 0 aliphatic carbocycles. The lowest BCUT2D eigenvalue weighted by Crippen LogP contribution is -2.52. The van der Waals surface area contributed by atoms with Crippen LogP contribution in [0, 0.1) is 26.7 Å². The van der Waals surface area contributed by atoms with Gasteiger partial charge in [-0.3, -0.25) is 9.59 Å². The number of ether oxygens (including phenoxy) is 1. The van der Waals surface area contributed by atoms with Crippen molar-refractivity contribution in [3.8, 4) is 5.75 Å². The van der Waals surface area contributed by atoms with Gasteiger partial charge in [-0.15, -0.1) is 0 Å². The second-order valence-corrected chi connectivity index (χ2v) is 10.4. The van der Waals surface area contributed by atoms with Crippen molar-refractivity contribution in [1.29, 1.82) is 0 Å². The number of carbonyl (C=O) groups excluding carboxylic acids is 2. The molecule has 0 aromatic heterocycles. The van der Waals surface area contributed by atoms with Crippen LogP contribution >= 0.6 is 11.6 Å². The van der Waals surface area contributed by atoms with Crippen LogP contribution < -0.4 is 10.1 Å². The van der Waals surface area contributed by atoms with Gasteiger partial charge >= 0.3 is 0 Å². The van der Waals surface area contributed by atoms with Gasteiger partial charge in [0.25, 0.3) is 5.91 Å². The molecular formula is C31H37ClN2O3. The van der Waals surface area contributed by atoms with E-state index < -0.39 is 6.04 Å². The summed E-state index contributed by atoms with van der Waals surface area (Å²) in [5.41, 5.74) is 5.04. The van der Waals surface area contributed by atoms with Gasteiger partial charge in [-0.25, -0.2) is 0 Å². The minimum Gasteiger partial charge on any atom is -0.483 e. The zero-order valence-corrected chi connectivity index (χ0v) is 23.1. The maximum Gasteiger partial charge on any atom is 0.261 e. The molecule has 0 saturated carbocycles. The summed E-state index contributed by atoms with van der Waals surface area (Å²) >= 11 is 6.10. The molecule has 0 spiro atoms. The van der Waals surface area contributed by atoms with Gasteiger partial charge in [0.1, 0.15) is 11.8 Å². The molecule has 6 heteroatoms. The predicted molar refractivity (Wildman–Crippen MR) is 150 cm³/mol. The second-order valence-electron chi connectivity index (χ2n) is 9.99. The van der Waals surface area contributed by atoms with E-state index in [1.54, 1.807) is 17.0 Å². The highest BCUT2D eigenvalue weighted by atomic mass is 35.5. The number of benzene rings is 3. The third kappa shape index (κ3) is 8.36. The number of halogens is 1. The zero-order valence-electron chi connectivity index (χ0n) is 22.4. The quantitative estimate of drug-likeness (QED) is 0.334. The van der Waals surface area contributed by atoms with E-state index in [-0.39, 0.29) is 30.9 Å². The van der Waals surface area contributed by atoms with Gasteiger partial charge < -0.3 is 15.0 Å². The first-order valence-electron chi connectivity index (χ1n) is 12.7. The molecule has 1 atom stereocenters. The molecule has 0 aliphatic rings. The Labute approximate surface area is 225 Å². The molecule has 0 aliphatic heterocycles. The van der Waals surface area contributed by atoms with Crippen LogP contribution in [0.4, 0.5) is 0 Å². The van der Waals surface area contributed by atoms with Crippen LogP contribution in [-0.2, 0) is 22.6 Å². The minimum absolute atomic E-state index is 0.167. The SMILES string of the molecule is Cc1cc(C)c(C)c(OCC(=O)N(Cc2ccc(Cl)cc2)[C@H](Cc2ccccc2)C(=O)NCC(C)C)c1. The van der Waals surface area contributed by atoms with Gasteiger partial charge in [0, 0.05) is 24.5 Å². The molecule has 3 aromatic carbocycles. The molecule has 1 N–H and O–H groups in total. The van der Waals surface area contributed by atoms with Crippen molar-refractivity contribution >= 4 is 23.4 Å². The van der Waals surface area contributed by atoms with E-state index in [4.69, 9.17) is 16.3 Å². The summed E-state index contributed by atoms with van der Waals surface area (Å²) in [6, 6.07) is 20.4. The predicted octanol–water partition coefficient (Wildman–Crippen LogP) is 6.06. The Morgan fingerprint density at radius 1 is 0.946 bits per heavy atom. The summed E-state index contributed by atoms with van der Waals surface area (Å²) in [5, 5.41) is 3.65. The zero-order chi connectivity index (χ0) is 26.9. The molecule has 2 amide bonds. The fourth-order valence-corrected chi connectivity index (χ4v) is 4.26. The third-order valence-electron chi connectivity index (χ3n) is 6.34. The Kier molecular flexibility index (Phi) is 10.2. The van der Waals surface area contributed by atoms with Crippen LogP contribution in [0.3, 0.4) is 0 Å². The number of hydrogen-bond acceptors (Lipinski definition) is 3. The maximum absolute atomic E-state index is 13.7. The first-order valence-corrected chi connectivity index (χ1v) is 13.1. The highest BCUT2D eigenvalue weighted by molar-refractivity contribution is 6.30. The molecule has 196 valence electrons. The van der Waals surface area contributed by atoms with Crippen molar-refractivity contribution in [1.82, 2.24) is 10.2 Å². The van der Waals surface area contributed by atoms with E-state index in [1.807, 2.05) is 83.1 Å². The highest BCUT2D eigenvalue weighted by Gasteiger charge is 2.31. The largest absolute Gasteiger partial charge is 0.483 e. The number of hydrogen-bond donors (Lipinski definition) is 1. The van der Waals surface area contributed by atoms with Crippen molar-refractivity contribution in [2.45, 2.75) is 53.6 Å². The lowest BCUT2D eigenvalue weighted by Gasteiger charge is -2.32. The number of amides is 2. The Bertz CT molecular complexity index is 1190. The Hall–Kier alpha value is -3.31. The van der Waals surface area contributed by atoms with Crippen molar-refractivity contribution < 1.29 is 14.3 Å². The summed E-state index contributed by atoms with van der Waals surface area (Å²) in [6.07, 6.45) is 0.396. The Morgan fingerprint density at radius 3 is 2.27 bits per heavy atom. The Morgan fingerprint density at radius 2 is 1.62 bits per heavy atom. The fraction of sp³-hybridized carbons (Fsp3) is 0.355. The van der Waals surface area contributed by atoms with Crippen LogP contribution in [0.15, 0.2) is 66.7 Å². The Balaban J connectivity index is 1.92. The van der Waals surface area contributed by atoms with Crippen molar-refractivity contribution in [2.24, 2.45) is 5.92 Å². The van der Waals surface area contributed by atoms with Crippen molar-refractivity contribution in [2.75, 3.05) is 13.2 Å². The number of aryl methyl sites for hydroxylation is 2. The van der Waals surface area contributed by atoms with Gasteiger partial charge in [0.05, 0.1) is 0 Å². The van der Waals surface area contributed by atoms with Crippen molar-refractivity contribution in [3.63, 3.8) is 0 Å². The molecule has 3 aromatic rings. The minimum atomic E-state index is -0.701. The molecule has 0 bridgehead atoms. The summed E-state index contributed by atoms with van der Waals surface area (Å²) in [5.74, 6) is 0.537. The number of nitrogens with zero attached hydrogens (tertiary/aromatic N) is 1. The molecule has 0 radical (unpaired) electrons. The molecular weight excluding hydrogens is 484 g/mol. The smallest absolute Gasteiger partial charge is 0.261 e. The van der Waals surface area contributed by atoms with Gasteiger partial charge in [-0.2, -0.15) is 0 Å². The van der Waals surface area contributed by atoms with Gasteiger partial charge in [-0.05, 0) is 72.7 Å². The molecule has 0 fully saturated rings. The molecule has 5 nitrogen and oxygen atoms in total. The second kappa shape index (κ2) is 13.3. The van der Waals surface area contributed by atoms with Crippen LogP contribution in [0.25, 0.3) is 0 Å². The summed E-state index contributed by atoms with van der Waals surface area (Å²) in [6.45, 7) is 10.7. The topological polar surface area (TPSA) is 58.6 Å². The number of rotatable bonds is 11. The average molecular weight is 521 g/mol. The normalized spacial score (nSPS) is 11.8. The van der Waals surface area contributed by atoms with E-state index in [2.05, 4.69) is 11.4 Å². The highest BCUT2D eigenvalue weighted by Crippen LogP contribution is 2.24. The first-order chi connectivity index (χ1) is 17.6. The lowest BCUT2D eigenvalue weighted by atomic mass is 10.0. The maximum atomic E-state index is 13.7. The third-order valence-corrected chi connectivity index (χ3v) is 6.59. The van der Waals surface area contributed by atoms with Crippen LogP contribution in [-0.4, -0.2) is 35.9 Å². The molecule has 0 unspecified atom stereocenters. The average Bonchev–Trinajstić information content (AvgIpc) is 2.87. The lowest BCUT2D eigenvalue weighted by molar-refractivity contribution is -0.142. The van der Waals surface area contributed by atoms with Gasteiger partial charge in [-0.1, -0.05) is 74.0 Å². The van der Waals surface area contributed by atoms with Gasteiger partial charge in [0.15, 0.2) is 6.61 Å². The van der Waals surface area contributed by atoms with Gasteiger partial charge in [0.2, 0.25) is 5.91 Å². The monoisotopic (exact) mass is 520 g/mol. The fourth-order valence-electron chi connectivity index (χ4n) is 4.14. The molecule has 37 heavy (non-hydrogen) atoms. The van der Waals surface area contributed by atoms with Crippen molar-refractivity contribution in [3.05, 3.63) is 99.6 Å². The molecule has 0 saturated heterocycles. The number of nitrogens with one attached hydrogen (secondary N) is 1. The number of carbonyl (C=O) groups is 2. The first kappa shape index (κ1) is 28.3. The van der Waals surface area contributed by atoms with E-state index in [9.17, 15) is 9.59 Å². The molecule has 0 heterocycles. The summed E-state index contributed by atoms with van der Waals surface area (Å²) < 4.78 is 6.03. The van der Waals surface area contributed by atoms with E-state index in [0.717, 1.165) is 27.8 Å². The summed E-state index contributed by atoms with van der Waals surface area (Å²) in [4.78, 5) is 28.9. The van der Waals surface area contributed by atoms with E-state index in [0.29, 0.717) is 23.7 Å². The summed E-state index contributed by atoms with van der Waals surface area (Å²) in [7, 11) is 0.